The first kappa shape index (κ1) is 8.74. The first-order chi connectivity index (χ1) is 6.70. The molecule has 0 radical (unpaired) electrons. The van der Waals surface area contributed by atoms with Gasteiger partial charge < -0.3 is 0 Å². The summed E-state index contributed by atoms with van der Waals surface area (Å²) in [5.41, 5.74) is 1.83. The van der Waals surface area contributed by atoms with Crippen molar-refractivity contribution in [1.29, 1.82) is 0 Å². The Labute approximate surface area is 82.4 Å². The Morgan fingerprint density at radius 3 is 2.71 bits per heavy atom. The summed E-state index contributed by atoms with van der Waals surface area (Å²) in [6.07, 6.45) is 1.69. The van der Waals surface area contributed by atoms with Gasteiger partial charge in [0, 0.05) is 19.7 Å². The lowest BCUT2D eigenvalue weighted by molar-refractivity contribution is 0.219. The lowest BCUT2D eigenvalue weighted by Crippen LogP contribution is -2.34. The molecule has 0 aliphatic carbocycles. The van der Waals surface area contributed by atoms with Crippen LogP contribution in [0.3, 0.4) is 0 Å². The molecule has 14 heavy (non-hydrogen) atoms. The minimum absolute atomic E-state index is 0.133. The highest BCUT2D eigenvalue weighted by Crippen LogP contribution is 2.20. The van der Waals surface area contributed by atoms with E-state index in [-0.39, 0.29) is 6.03 Å². The van der Waals surface area contributed by atoms with Gasteiger partial charge in [-0.15, -0.1) is 0 Å². The number of hydrogen-bond acceptors (Lipinski definition) is 2. The molecule has 0 bridgehead atoms. The second kappa shape index (κ2) is 3.14. The van der Waals surface area contributed by atoms with E-state index in [0.29, 0.717) is 0 Å². The molecule has 2 rings (SSSR count). The van der Waals surface area contributed by atoms with Crippen LogP contribution in [0.4, 0.5) is 10.5 Å². The molecule has 4 heteroatoms. The van der Waals surface area contributed by atoms with Gasteiger partial charge in [-0.2, -0.15) is 5.10 Å². The Morgan fingerprint density at radius 2 is 1.93 bits per heavy atom. The van der Waals surface area contributed by atoms with Crippen molar-refractivity contribution in [2.24, 2.45) is 5.10 Å². The fraction of sp³-hybridized carbons (Fsp3) is 0.200. The van der Waals surface area contributed by atoms with Crippen LogP contribution >= 0.6 is 0 Å². The monoisotopic (exact) mass is 189 g/mol. The second-order valence-electron chi connectivity index (χ2n) is 3.17. The van der Waals surface area contributed by atoms with Crippen molar-refractivity contribution < 1.29 is 4.79 Å². The molecule has 0 saturated carbocycles. The number of hydrogen-bond donors (Lipinski definition) is 0. The molecule has 0 spiro atoms. The Morgan fingerprint density at radius 1 is 1.21 bits per heavy atom. The topological polar surface area (TPSA) is 35.9 Å². The standard InChI is InChI=1S/C10H11N3O/c1-12-9-6-4-3-5-8(9)7-11-13(2)10(12)14/h3-7H,1-2H3. The number of hydrazone groups is 1. The minimum Gasteiger partial charge on any atom is -0.295 e. The lowest BCUT2D eigenvalue weighted by atomic mass is 10.2. The Hall–Kier alpha value is -1.84. The number of para-hydroxylation sites is 1. The summed E-state index contributed by atoms with van der Waals surface area (Å²) in [5, 5.41) is 5.33. The number of benzene rings is 1. The number of anilines is 1. The van der Waals surface area contributed by atoms with Crippen LogP contribution in [-0.2, 0) is 0 Å². The van der Waals surface area contributed by atoms with Crippen molar-refractivity contribution in [3.8, 4) is 0 Å². The van der Waals surface area contributed by atoms with Crippen molar-refractivity contribution in [2.75, 3.05) is 19.0 Å². The number of nitrogens with zero attached hydrogens (tertiary/aromatic N) is 3. The molecule has 1 heterocycles. The summed E-state index contributed by atoms with van der Waals surface area (Å²) in [6.45, 7) is 0. The molecule has 72 valence electrons. The van der Waals surface area contributed by atoms with Gasteiger partial charge in [-0.1, -0.05) is 18.2 Å². The molecule has 0 fully saturated rings. The van der Waals surface area contributed by atoms with E-state index in [1.807, 2.05) is 24.3 Å². The van der Waals surface area contributed by atoms with Crippen LogP contribution in [0.2, 0.25) is 0 Å². The second-order valence-corrected chi connectivity index (χ2v) is 3.17. The molecule has 0 unspecified atom stereocenters. The van der Waals surface area contributed by atoms with E-state index in [2.05, 4.69) is 5.10 Å². The average molecular weight is 189 g/mol. The van der Waals surface area contributed by atoms with E-state index in [4.69, 9.17) is 0 Å². The van der Waals surface area contributed by atoms with Crippen LogP contribution in [0.1, 0.15) is 5.56 Å². The predicted octanol–water partition coefficient (Wildman–Crippen LogP) is 1.52. The molecule has 0 aromatic heterocycles. The van der Waals surface area contributed by atoms with Crippen LogP contribution in [-0.4, -0.2) is 31.3 Å². The third-order valence-corrected chi connectivity index (χ3v) is 2.23. The highest BCUT2D eigenvalue weighted by atomic mass is 16.2. The van der Waals surface area contributed by atoms with Crippen molar-refractivity contribution in [3.05, 3.63) is 29.8 Å². The maximum atomic E-state index is 11.6. The molecular weight excluding hydrogens is 178 g/mol. The predicted molar refractivity (Wildman–Crippen MR) is 55.6 cm³/mol. The summed E-state index contributed by atoms with van der Waals surface area (Å²) in [5.74, 6) is 0. The van der Waals surface area contributed by atoms with Crippen molar-refractivity contribution in [1.82, 2.24) is 5.01 Å². The zero-order valence-corrected chi connectivity index (χ0v) is 8.14. The highest BCUT2D eigenvalue weighted by molar-refractivity contribution is 6.00. The molecule has 1 aromatic carbocycles. The molecule has 0 saturated heterocycles. The van der Waals surface area contributed by atoms with E-state index < -0.39 is 0 Å². The summed E-state index contributed by atoms with van der Waals surface area (Å²) in [6, 6.07) is 7.53. The molecule has 1 aliphatic heterocycles. The largest absolute Gasteiger partial charge is 0.344 e. The number of fused-ring (bicyclic) bond motifs is 1. The van der Waals surface area contributed by atoms with Crippen LogP contribution in [0.15, 0.2) is 29.4 Å². The molecule has 0 atom stereocenters. The Kier molecular flexibility index (Phi) is 1.96. The zero-order chi connectivity index (χ0) is 10.1. The lowest BCUT2D eigenvalue weighted by Gasteiger charge is -2.19. The maximum absolute atomic E-state index is 11.6. The quantitative estimate of drug-likeness (QED) is 0.609. The van der Waals surface area contributed by atoms with Gasteiger partial charge in [0.15, 0.2) is 0 Å². The normalized spacial score (nSPS) is 15.4. The smallest absolute Gasteiger partial charge is 0.295 e. The third kappa shape index (κ3) is 1.25. The van der Waals surface area contributed by atoms with Gasteiger partial charge in [-0.05, 0) is 6.07 Å². The van der Waals surface area contributed by atoms with Crippen LogP contribution in [0, 0.1) is 0 Å². The number of carbonyl (C=O) groups excluding carboxylic acids is 1. The summed E-state index contributed by atoms with van der Waals surface area (Å²) < 4.78 is 0. The van der Waals surface area contributed by atoms with Gasteiger partial charge >= 0.3 is 6.03 Å². The highest BCUT2D eigenvalue weighted by Gasteiger charge is 2.19. The zero-order valence-electron chi connectivity index (χ0n) is 8.14. The van der Waals surface area contributed by atoms with Gasteiger partial charge in [0.05, 0.1) is 11.9 Å². The van der Waals surface area contributed by atoms with Crippen LogP contribution in [0.5, 0.6) is 0 Å². The number of rotatable bonds is 0. The van der Waals surface area contributed by atoms with Crippen molar-refractivity contribution >= 4 is 17.9 Å². The van der Waals surface area contributed by atoms with E-state index >= 15 is 0 Å². The number of urea groups is 1. The molecule has 1 aromatic rings. The van der Waals surface area contributed by atoms with Crippen LogP contribution in [0.25, 0.3) is 0 Å². The fourth-order valence-electron chi connectivity index (χ4n) is 1.42. The Bertz CT molecular complexity index is 400. The van der Waals surface area contributed by atoms with Crippen molar-refractivity contribution in [2.45, 2.75) is 0 Å². The molecule has 2 amide bonds. The SMILES string of the molecule is CN1N=Cc2ccccc2N(C)C1=O. The molecular formula is C10H11N3O. The summed E-state index contributed by atoms with van der Waals surface area (Å²) >= 11 is 0. The van der Waals surface area contributed by atoms with E-state index in [1.165, 1.54) is 5.01 Å². The molecule has 4 nitrogen and oxygen atoms in total. The maximum Gasteiger partial charge on any atom is 0.344 e. The number of amides is 2. The van der Waals surface area contributed by atoms with E-state index in [1.54, 1.807) is 25.2 Å². The van der Waals surface area contributed by atoms with Crippen LogP contribution < -0.4 is 4.90 Å². The fourth-order valence-corrected chi connectivity index (χ4v) is 1.42. The van der Waals surface area contributed by atoms with Gasteiger partial charge in [0.25, 0.3) is 0 Å². The van der Waals surface area contributed by atoms with Gasteiger partial charge in [-0.25, -0.2) is 9.80 Å². The minimum atomic E-state index is -0.133. The average Bonchev–Trinajstić information content (AvgIpc) is 2.32. The summed E-state index contributed by atoms with van der Waals surface area (Å²) in [7, 11) is 3.38. The van der Waals surface area contributed by atoms with E-state index in [0.717, 1.165) is 11.3 Å². The van der Waals surface area contributed by atoms with E-state index in [9.17, 15) is 4.79 Å². The first-order valence-corrected chi connectivity index (χ1v) is 4.34. The third-order valence-electron chi connectivity index (χ3n) is 2.23. The first-order valence-electron chi connectivity index (χ1n) is 4.34. The van der Waals surface area contributed by atoms with Gasteiger partial charge in [0.2, 0.25) is 0 Å². The molecule has 0 N–H and O–H groups in total. The molecule has 1 aliphatic rings. The van der Waals surface area contributed by atoms with Gasteiger partial charge in [-0.3, -0.25) is 4.90 Å². The number of carbonyl (C=O) groups is 1. The Balaban J connectivity index is 2.54. The summed E-state index contributed by atoms with van der Waals surface area (Å²) in [4.78, 5) is 13.2. The van der Waals surface area contributed by atoms with Gasteiger partial charge in [0.1, 0.15) is 0 Å². The van der Waals surface area contributed by atoms with Crippen molar-refractivity contribution in [3.63, 3.8) is 0 Å².